The Morgan fingerprint density at radius 2 is 2.17 bits per heavy atom. The van der Waals surface area contributed by atoms with E-state index >= 15 is 0 Å². The summed E-state index contributed by atoms with van der Waals surface area (Å²) in [4.78, 5) is 0. The van der Waals surface area contributed by atoms with E-state index in [-0.39, 0.29) is 17.8 Å². The van der Waals surface area contributed by atoms with Gasteiger partial charge < -0.3 is 5.32 Å². The van der Waals surface area contributed by atoms with E-state index in [1.54, 1.807) is 0 Å². The number of halogens is 1. The summed E-state index contributed by atoms with van der Waals surface area (Å²) in [7, 11) is -2.81. The molecule has 3 nitrogen and oxygen atoms in total. The van der Waals surface area contributed by atoms with Crippen LogP contribution in [-0.4, -0.2) is 32.0 Å². The van der Waals surface area contributed by atoms with Crippen LogP contribution >= 0.6 is 11.6 Å². The van der Waals surface area contributed by atoms with Gasteiger partial charge in [-0.25, -0.2) is 8.42 Å². The van der Waals surface area contributed by atoms with Crippen LogP contribution in [0.2, 0.25) is 5.02 Å². The van der Waals surface area contributed by atoms with Crippen LogP contribution in [0.5, 0.6) is 0 Å². The molecule has 1 aromatic rings. The summed E-state index contributed by atoms with van der Waals surface area (Å²) in [6.45, 7) is 2.06. The van der Waals surface area contributed by atoms with Gasteiger partial charge in [-0.15, -0.1) is 0 Å². The van der Waals surface area contributed by atoms with E-state index in [0.29, 0.717) is 5.75 Å². The monoisotopic (exact) mass is 287 g/mol. The van der Waals surface area contributed by atoms with Gasteiger partial charge in [0.25, 0.3) is 0 Å². The first-order valence-electron chi connectivity index (χ1n) is 6.16. The van der Waals surface area contributed by atoms with E-state index in [1.807, 2.05) is 24.3 Å². The van der Waals surface area contributed by atoms with E-state index < -0.39 is 9.84 Å². The minimum Gasteiger partial charge on any atom is -0.310 e. The third-order valence-corrected chi connectivity index (χ3v) is 5.37. The lowest BCUT2D eigenvalue weighted by molar-refractivity contribution is 0.469. The van der Waals surface area contributed by atoms with Crippen molar-refractivity contribution in [1.82, 2.24) is 5.32 Å². The summed E-state index contributed by atoms with van der Waals surface area (Å²) < 4.78 is 22.7. The summed E-state index contributed by atoms with van der Waals surface area (Å²) >= 11 is 6.11. The van der Waals surface area contributed by atoms with Gasteiger partial charge >= 0.3 is 0 Å². The molecule has 1 aliphatic heterocycles. The molecule has 1 heterocycles. The second-order valence-electron chi connectivity index (χ2n) is 4.96. The molecule has 0 aliphatic carbocycles. The Bertz CT molecular complexity index is 515. The molecule has 1 aromatic carbocycles. The van der Waals surface area contributed by atoms with E-state index in [1.165, 1.54) is 0 Å². The Morgan fingerprint density at radius 3 is 2.78 bits per heavy atom. The zero-order chi connectivity index (χ0) is 13.2. The number of nitrogens with one attached hydrogen (secondary N) is 1. The Kier molecular flexibility index (Phi) is 4.30. The summed E-state index contributed by atoms with van der Waals surface area (Å²) in [5, 5.41) is 4.14. The lowest BCUT2D eigenvalue weighted by Gasteiger charge is -2.18. The van der Waals surface area contributed by atoms with Crippen LogP contribution in [0.3, 0.4) is 0 Å². The average molecular weight is 288 g/mol. The molecule has 1 aliphatic rings. The Balaban J connectivity index is 1.90. The molecule has 0 saturated carbocycles. The van der Waals surface area contributed by atoms with Crippen LogP contribution in [0.15, 0.2) is 24.3 Å². The number of hydrogen-bond donors (Lipinski definition) is 1. The molecule has 2 atom stereocenters. The maximum atomic E-state index is 11.4. The van der Waals surface area contributed by atoms with E-state index in [2.05, 4.69) is 12.2 Å². The quantitative estimate of drug-likeness (QED) is 0.922. The van der Waals surface area contributed by atoms with Crippen LogP contribution < -0.4 is 5.32 Å². The standard InChI is InChI=1S/C13H18ClNO2S/c1-10(8-11-4-2-3-5-13(11)14)15-12-6-7-18(16,17)9-12/h2-5,10,12,15H,6-9H2,1H3. The number of rotatable bonds is 4. The van der Waals surface area contributed by atoms with Gasteiger partial charge in [0.1, 0.15) is 0 Å². The van der Waals surface area contributed by atoms with Crippen LogP contribution in [0.25, 0.3) is 0 Å². The van der Waals surface area contributed by atoms with E-state index in [9.17, 15) is 8.42 Å². The molecule has 0 bridgehead atoms. The highest BCUT2D eigenvalue weighted by Crippen LogP contribution is 2.18. The number of hydrogen-bond acceptors (Lipinski definition) is 3. The second kappa shape index (κ2) is 5.59. The topological polar surface area (TPSA) is 46.2 Å². The van der Waals surface area contributed by atoms with Crippen molar-refractivity contribution in [2.75, 3.05) is 11.5 Å². The Labute approximate surface area is 113 Å². The first-order valence-corrected chi connectivity index (χ1v) is 8.36. The Morgan fingerprint density at radius 1 is 1.44 bits per heavy atom. The van der Waals surface area contributed by atoms with Crippen LogP contribution in [0.4, 0.5) is 0 Å². The summed E-state index contributed by atoms with van der Waals surface area (Å²) in [5.74, 6) is 0.573. The molecule has 2 rings (SSSR count). The molecule has 1 N–H and O–H groups in total. The van der Waals surface area contributed by atoms with Crippen LogP contribution in [0, 0.1) is 0 Å². The van der Waals surface area contributed by atoms with Gasteiger partial charge in [0.15, 0.2) is 9.84 Å². The maximum Gasteiger partial charge on any atom is 0.151 e. The molecule has 5 heteroatoms. The van der Waals surface area contributed by atoms with Gasteiger partial charge in [-0.05, 0) is 31.4 Å². The molecule has 2 unspecified atom stereocenters. The fraction of sp³-hybridized carbons (Fsp3) is 0.538. The zero-order valence-electron chi connectivity index (χ0n) is 10.4. The molecular weight excluding hydrogens is 270 g/mol. The highest BCUT2D eigenvalue weighted by molar-refractivity contribution is 7.91. The first-order chi connectivity index (χ1) is 8.46. The largest absolute Gasteiger partial charge is 0.310 e. The minimum absolute atomic E-state index is 0.0903. The van der Waals surface area contributed by atoms with Crippen molar-refractivity contribution in [1.29, 1.82) is 0 Å². The summed E-state index contributed by atoms with van der Waals surface area (Å²) in [5.41, 5.74) is 1.10. The van der Waals surface area contributed by atoms with Gasteiger partial charge in [-0.1, -0.05) is 29.8 Å². The van der Waals surface area contributed by atoms with Gasteiger partial charge in [-0.2, -0.15) is 0 Å². The smallest absolute Gasteiger partial charge is 0.151 e. The average Bonchev–Trinajstić information content (AvgIpc) is 2.61. The van der Waals surface area contributed by atoms with Gasteiger partial charge in [-0.3, -0.25) is 0 Å². The SMILES string of the molecule is CC(Cc1ccccc1Cl)NC1CCS(=O)(=O)C1. The zero-order valence-corrected chi connectivity index (χ0v) is 12.0. The lowest BCUT2D eigenvalue weighted by Crippen LogP contribution is -2.38. The van der Waals surface area contributed by atoms with Crippen LogP contribution in [-0.2, 0) is 16.3 Å². The molecule has 100 valence electrons. The highest BCUT2D eigenvalue weighted by atomic mass is 35.5. The maximum absolute atomic E-state index is 11.4. The molecule has 0 aromatic heterocycles. The van der Waals surface area contributed by atoms with Gasteiger partial charge in [0.2, 0.25) is 0 Å². The molecule has 1 fully saturated rings. The van der Waals surface area contributed by atoms with Crippen molar-refractivity contribution in [3.63, 3.8) is 0 Å². The van der Waals surface area contributed by atoms with Crippen LogP contribution in [0.1, 0.15) is 18.9 Å². The fourth-order valence-electron chi connectivity index (χ4n) is 2.38. The molecule has 1 saturated heterocycles. The second-order valence-corrected chi connectivity index (χ2v) is 7.60. The minimum atomic E-state index is -2.81. The van der Waals surface area contributed by atoms with E-state index in [4.69, 9.17) is 11.6 Å². The third kappa shape index (κ3) is 3.70. The molecular formula is C13H18ClNO2S. The van der Waals surface area contributed by atoms with Crippen molar-refractivity contribution in [2.45, 2.75) is 31.8 Å². The summed E-state index contributed by atoms with van der Waals surface area (Å²) in [6, 6.07) is 8.08. The van der Waals surface area contributed by atoms with Gasteiger partial charge in [0.05, 0.1) is 11.5 Å². The number of benzene rings is 1. The molecule has 0 amide bonds. The predicted molar refractivity (Wildman–Crippen MR) is 74.8 cm³/mol. The number of sulfone groups is 1. The highest BCUT2D eigenvalue weighted by Gasteiger charge is 2.28. The van der Waals surface area contributed by atoms with Crippen molar-refractivity contribution in [3.05, 3.63) is 34.9 Å². The van der Waals surface area contributed by atoms with Gasteiger partial charge in [0, 0.05) is 17.1 Å². The first kappa shape index (κ1) is 13.8. The third-order valence-electron chi connectivity index (χ3n) is 3.24. The van der Waals surface area contributed by atoms with Crippen molar-refractivity contribution in [3.8, 4) is 0 Å². The van der Waals surface area contributed by atoms with Crippen molar-refractivity contribution >= 4 is 21.4 Å². The molecule has 18 heavy (non-hydrogen) atoms. The predicted octanol–water partition coefficient (Wildman–Crippen LogP) is 2.05. The van der Waals surface area contributed by atoms with Crippen molar-refractivity contribution in [2.24, 2.45) is 0 Å². The van der Waals surface area contributed by atoms with E-state index in [0.717, 1.165) is 23.4 Å². The summed E-state index contributed by atoms with van der Waals surface area (Å²) in [6.07, 6.45) is 1.53. The normalized spacial score (nSPS) is 24.0. The molecule has 0 radical (unpaired) electrons. The van der Waals surface area contributed by atoms with Crippen molar-refractivity contribution < 1.29 is 8.42 Å². The molecule has 0 spiro atoms. The Hall–Kier alpha value is -0.580. The fourth-order valence-corrected chi connectivity index (χ4v) is 4.28. The lowest BCUT2D eigenvalue weighted by atomic mass is 10.1.